The van der Waals surface area contributed by atoms with Gasteiger partial charge < -0.3 is 19.9 Å². The molecule has 3 rings (SSSR count). The van der Waals surface area contributed by atoms with Crippen LogP contribution in [0.25, 0.3) is 11.3 Å². The second-order valence-corrected chi connectivity index (χ2v) is 7.33. The van der Waals surface area contributed by atoms with E-state index in [9.17, 15) is 23.1 Å². The smallest absolute Gasteiger partial charge is 0.418 e. The molecular formula is C20H22F3N3O4. The van der Waals surface area contributed by atoms with E-state index in [0.29, 0.717) is 25.7 Å². The molecule has 0 unspecified atom stereocenters. The lowest BCUT2D eigenvalue weighted by Crippen LogP contribution is -2.48. The first kappa shape index (κ1) is 22.0. The fourth-order valence-corrected chi connectivity index (χ4v) is 3.38. The number of hydrogen-bond donors (Lipinski definition) is 2. The number of hydrogen-bond acceptors (Lipinski definition) is 7. The number of aromatic nitrogens is 2. The number of halogens is 3. The Balaban J connectivity index is 2.02. The molecule has 1 aliphatic carbocycles. The summed E-state index contributed by atoms with van der Waals surface area (Å²) in [5.41, 5.74) is -2.53. The van der Waals surface area contributed by atoms with Gasteiger partial charge in [-0.15, -0.1) is 10.2 Å². The van der Waals surface area contributed by atoms with E-state index in [1.807, 2.05) is 0 Å². The number of aldehydes is 1. The third-order valence-corrected chi connectivity index (χ3v) is 4.75. The normalized spacial score (nSPS) is 21.1. The molecule has 0 spiro atoms. The van der Waals surface area contributed by atoms with E-state index < -0.39 is 23.0 Å². The van der Waals surface area contributed by atoms with Crippen LogP contribution in [0.15, 0.2) is 24.3 Å². The second-order valence-electron chi connectivity index (χ2n) is 7.33. The van der Waals surface area contributed by atoms with Gasteiger partial charge in [-0.1, -0.05) is 12.1 Å². The van der Waals surface area contributed by atoms with E-state index in [-0.39, 0.29) is 35.5 Å². The van der Waals surface area contributed by atoms with Crippen molar-refractivity contribution in [1.29, 1.82) is 0 Å². The minimum Gasteiger partial charge on any atom is -0.467 e. The molecule has 30 heavy (non-hydrogen) atoms. The Kier molecular flexibility index (Phi) is 6.27. The molecule has 7 nitrogen and oxygen atoms in total. The number of carbonyl (C=O) groups is 1. The van der Waals surface area contributed by atoms with Crippen LogP contribution in [0.2, 0.25) is 0 Å². The summed E-state index contributed by atoms with van der Waals surface area (Å²) in [6.07, 6.45) is -3.53. The summed E-state index contributed by atoms with van der Waals surface area (Å²) in [6, 6.07) is 4.96. The summed E-state index contributed by atoms with van der Waals surface area (Å²) in [5.74, 6) is -0.0319. The molecule has 0 saturated heterocycles. The van der Waals surface area contributed by atoms with E-state index in [0.717, 1.165) is 6.07 Å². The lowest BCUT2D eigenvalue weighted by molar-refractivity contribution is -0.137. The monoisotopic (exact) mass is 425 g/mol. The Morgan fingerprint density at radius 1 is 1.33 bits per heavy atom. The van der Waals surface area contributed by atoms with Gasteiger partial charge in [0.05, 0.1) is 16.7 Å². The Hall–Kier alpha value is -2.72. The standard InChI is InChI=1S/C20H22F3N3O4/c1-3-29-11-30-15-6-4-5-12(10-27)17(15)18-14(20(21,22)23)7-16(25-26-18)24-13-8-19(2,28)9-13/h4-7,10,13,28H,3,8-9,11H2,1-2H3,(H,24,25). The summed E-state index contributed by atoms with van der Waals surface area (Å²) in [7, 11) is 0. The molecule has 0 atom stereocenters. The lowest BCUT2D eigenvalue weighted by atomic mass is 9.77. The predicted molar refractivity (Wildman–Crippen MR) is 102 cm³/mol. The molecule has 0 aliphatic heterocycles. The minimum atomic E-state index is -4.75. The predicted octanol–water partition coefficient (Wildman–Crippen LogP) is 3.67. The first-order valence-corrected chi connectivity index (χ1v) is 9.37. The Morgan fingerprint density at radius 3 is 2.67 bits per heavy atom. The lowest BCUT2D eigenvalue weighted by Gasteiger charge is -2.41. The molecule has 1 aromatic carbocycles. The van der Waals surface area contributed by atoms with Crippen LogP contribution in [-0.4, -0.2) is 46.6 Å². The molecule has 10 heteroatoms. The van der Waals surface area contributed by atoms with Crippen molar-refractivity contribution in [2.45, 2.75) is 44.5 Å². The maximum absolute atomic E-state index is 13.9. The molecule has 1 aromatic heterocycles. The molecule has 162 valence electrons. The highest BCUT2D eigenvalue weighted by Gasteiger charge is 2.40. The van der Waals surface area contributed by atoms with Crippen LogP contribution in [0.1, 0.15) is 42.6 Å². The van der Waals surface area contributed by atoms with Crippen molar-refractivity contribution in [1.82, 2.24) is 10.2 Å². The van der Waals surface area contributed by atoms with E-state index in [4.69, 9.17) is 9.47 Å². The number of aliphatic hydroxyl groups is 1. The van der Waals surface area contributed by atoms with Gasteiger partial charge in [0.15, 0.2) is 13.1 Å². The average molecular weight is 425 g/mol. The van der Waals surface area contributed by atoms with Gasteiger partial charge in [0, 0.05) is 18.2 Å². The topological polar surface area (TPSA) is 93.6 Å². The summed E-state index contributed by atoms with van der Waals surface area (Å²) >= 11 is 0. The first-order valence-electron chi connectivity index (χ1n) is 9.37. The van der Waals surface area contributed by atoms with E-state index in [1.54, 1.807) is 13.8 Å². The van der Waals surface area contributed by atoms with Crippen molar-refractivity contribution in [3.05, 3.63) is 35.4 Å². The van der Waals surface area contributed by atoms with E-state index >= 15 is 0 Å². The van der Waals surface area contributed by atoms with Crippen LogP contribution in [0.5, 0.6) is 5.75 Å². The van der Waals surface area contributed by atoms with Crippen molar-refractivity contribution in [2.75, 3.05) is 18.7 Å². The summed E-state index contributed by atoms with van der Waals surface area (Å²) < 4.78 is 52.1. The van der Waals surface area contributed by atoms with Gasteiger partial charge in [-0.3, -0.25) is 4.79 Å². The quantitative estimate of drug-likeness (QED) is 0.379. The number of carbonyl (C=O) groups excluding carboxylic acids is 1. The van der Waals surface area contributed by atoms with Crippen molar-refractivity contribution in [3.8, 4) is 17.0 Å². The molecule has 1 fully saturated rings. The van der Waals surface area contributed by atoms with Gasteiger partial charge in [-0.2, -0.15) is 13.2 Å². The third-order valence-electron chi connectivity index (χ3n) is 4.75. The van der Waals surface area contributed by atoms with Crippen LogP contribution < -0.4 is 10.1 Å². The van der Waals surface area contributed by atoms with Crippen molar-refractivity contribution >= 4 is 12.1 Å². The van der Waals surface area contributed by atoms with Gasteiger partial charge in [0.2, 0.25) is 0 Å². The Labute approximate surface area is 171 Å². The van der Waals surface area contributed by atoms with E-state index in [2.05, 4.69) is 15.5 Å². The SMILES string of the molecule is CCOCOc1cccc(C=O)c1-c1nnc(NC2CC(C)(O)C2)cc1C(F)(F)F. The molecule has 1 saturated carbocycles. The number of benzene rings is 1. The van der Waals surface area contributed by atoms with Crippen LogP contribution in [-0.2, 0) is 10.9 Å². The van der Waals surface area contributed by atoms with Crippen LogP contribution in [0.4, 0.5) is 19.0 Å². The Bertz CT molecular complexity index is 911. The maximum Gasteiger partial charge on any atom is 0.418 e. The first-order chi connectivity index (χ1) is 14.1. The van der Waals surface area contributed by atoms with Gasteiger partial charge in [-0.05, 0) is 38.8 Å². The number of ether oxygens (including phenoxy) is 2. The Morgan fingerprint density at radius 2 is 2.07 bits per heavy atom. The fraction of sp³-hybridized carbons (Fsp3) is 0.450. The number of alkyl halides is 3. The zero-order valence-electron chi connectivity index (χ0n) is 16.5. The molecule has 1 aliphatic rings. The minimum absolute atomic E-state index is 0.0143. The molecule has 0 amide bonds. The number of nitrogens with one attached hydrogen (secondary N) is 1. The maximum atomic E-state index is 13.9. The zero-order chi connectivity index (χ0) is 21.9. The highest BCUT2D eigenvalue weighted by atomic mass is 19.4. The highest BCUT2D eigenvalue weighted by Crippen LogP contribution is 2.41. The number of rotatable bonds is 8. The zero-order valence-corrected chi connectivity index (χ0v) is 16.5. The number of anilines is 1. The second kappa shape index (κ2) is 8.57. The molecular weight excluding hydrogens is 403 g/mol. The third kappa shape index (κ3) is 4.88. The average Bonchev–Trinajstić information content (AvgIpc) is 2.66. The van der Waals surface area contributed by atoms with Crippen LogP contribution in [0.3, 0.4) is 0 Å². The molecule has 0 bridgehead atoms. The largest absolute Gasteiger partial charge is 0.467 e. The van der Waals surface area contributed by atoms with Crippen molar-refractivity contribution in [2.24, 2.45) is 0 Å². The summed E-state index contributed by atoms with van der Waals surface area (Å²) in [6.45, 7) is 3.56. The van der Waals surface area contributed by atoms with Crippen LogP contribution >= 0.6 is 0 Å². The summed E-state index contributed by atoms with van der Waals surface area (Å²) in [4.78, 5) is 11.5. The molecule has 0 radical (unpaired) electrons. The fourth-order valence-electron chi connectivity index (χ4n) is 3.38. The molecule has 2 N–H and O–H groups in total. The van der Waals surface area contributed by atoms with Gasteiger partial charge >= 0.3 is 6.18 Å². The van der Waals surface area contributed by atoms with Gasteiger partial charge in [0.1, 0.15) is 17.3 Å². The van der Waals surface area contributed by atoms with Gasteiger partial charge in [0.25, 0.3) is 0 Å². The highest BCUT2D eigenvalue weighted by molar-refractivity contribution is 5.90. The van der Waals surface area contributed by atoms with Crippen molar-refractivity contribution in [3.63, 3.8) is 0 Å². The molecule has 2 aromatic rings. The molecule has 1 heterocycles. The van der Waals surface area contributed by atoms with E-state index in [1.165, 1.54) is 18.2 Å². The van der Waals surface area contributed by atoms with Crippen molar-refractivity contribution < 1.29 is 32.5 Å². The van der Waals surface area contributed by atoms with Gasteiger partial charge in [-0.25, -0.2) is 0 Å². The summed E-state index contributed by atoms with van der Waals surface area (Å²) in [5, 5.41) is 20.3. The van der Waals surface area contributed by atoms with Crippen LogP contribution in [0, 0.1) is 0 Å². The number of nitrogens with zero attached hydrogens (tertiary/aromatic N) is 2.